The van der Waals surface area contributed by atoms with Gasteiger partial charge in [-0.05, 0) is 31.2 Å². The van der Waals surface area contributed by atoms with E-state index in [0.717, 1.165) is 85.5 Å². The van der Waals surface area contributed by atoms with Crippen molar-refractivity contribution in [2.75, 3.05) is 44.7 Å². The van der Waals surface area contributed by atoms with Gasteiger partial charge in [0.1, 0.15) is 4.83 Å². The average molecular weight is 436 g/mol. The van der Waals surface area contributed by atoms with Crippen molar-refractivity contribution in [2.24, 2.45) is 0 Å². The molecule has 160 valence electrons. The van der Waals surface area contributed by atoms with Crippen LogP contribution in [0.5, 0.6) is 0 Å². The van der Waals surface area contributed by atoms with E-state index in [4.69, 9.17) is 14.8 Å². The monoisotopic (exact) mass is 435 g/mol. The minimum atomic E-state index is -0.0404. The standard InChI is InChI=1S/C23H25N5O2S/c29-23-19-17-7-3-4-8-18(17)31-22(19)25-21-16-6-2-1-5-15(16)20(26-28(21)23)24-9-10-27-11-13-30-14-12-27/h1-2,5-6H,3-4,7-14H2,(H,24,26). The Morgan fingerprint density at radius 3 is 2.77 bits per heavy atom. The molecule has 1 fully saturated rings. The lowest BCUT2D eigenvalue weighted by Crippen LogP contribution is -2.39. The summed E-state index contributed by atoms with van der Waals surface area (Å²) in [6.45, 7) is 5.18. The van der Waals surface area contributed by atoms with E-state index in [0.29, 0.717) is 5.65 Å². The average Bonchev–Trinajstić information content (AvgIpc) is 3.19. The molecule has 0 saturated carbocycles. The minimum Gasteiger partial charge on any atom is -0.379 e. The highest BCUT2D eigenvalue weighted by Crippen LogP contribution is 2.34. The molecule has 6 rings (SSSR count). The molecule has 1 aliphatic heterocycles. The Labute approximate surface area is 183 Å². The highest BCUT2D eigenvalue weighted by Gasteiger charge is 2.22. The van der Waals surface area contributed by atoms with Gasteiger partial charge in [0.25, 0.3) is 5.56 Å². The van der Waals surface area contributed by atoms with E-state index >= 15 is 0 Å². The third-order valence-electron chi connectivity index (χ3n) is 6.41. The molecule has 1 aromatic carbocycles. The van der Waals surface area contributed by atoms with Gasteiger partial charge in [-0.2, -0.15) is 4.52 Å². The zero-order valence-corrected chi connectivity index (χ0v) is 18.2. The lowest BCUT2D eigenvalue weighted by Gasteiger charge is -2.26. The van der Waals surface area contributed by atoms with Gasteiger partial charge in [-0.15, -0.1) is 16.4 Å². The maximum absolute atomic E-state index is 13.6. The van der Waals surface area contributed by atoms with Crippen molar-refractivity contribution in [3.8, 4) is 0 Å². The van der Waals surface area contributed by atoms with Crippen molar-refractivity contribution in [1.82, 2.24) is 19.5 Å². The fourth-order valence-electron chi connectivity index (χ4n) is 4.79. The molecule has 8 heteroatoms. The van der Waals surface area contributed by atoms with Crippen molar-refractivity contribution in [2.45, 2.75) is 25.7 Å². The van der Waals surface area contributed by atoms with Gasteiger partial charge in [-0.25, -0.2) is 4.98 Å². The summed E-state index contributed by atoms with van der Waals surface area (Å²) in [5.74, 6) is 0.740. The van der Waals surface area contributed by atoms with Crippen LogP contribution in [0.4, 0.5) is 5.82 Å². The summed E-state index contributed by atoms with van der Waals surface area (Å²) in [5, 5.41) is 11.0. The van der Waals surface area contributed by atoms with Gasteiger partial charge < -0.3 is 10.1 Å². The Morgan fingerprint density at radius 1 is 1.10 bits per heavy atom. The van der Waals surface area contributed by atoms with E-state index in [1.54, 1.807) is 11.3 Å². The number of hydrogen-bond donors (Lipinski definition) is 1. The van der Waals surface area contributed by atoms with Crippen molar-refractivity contribution in [1.29, 1.82) is 0 Å². The zero-order valence-electron chi connectivity index (χ0n) is 17.4. The number of aromatic nitrogens is 3. The third-order valence-corrected chi connectivity index (χ3v) is 7.60. The fraction of sp³-hybridized carbons (Fsp3) is 0.435. The Hall–Kier alpha value is -2.55. The number of nitrogens with zero attached hydrogens (tertiary/aromatic N) is 4. The van der Waals surface area contributed by atoms with Crippen LogP contribution in [0.2, 0.25) is 0 Å². The van der Waals surface area contributed by atoms with Crippen LogP contribution in [0.25, 0.3) is 26.6 Å². The summed E-state index contributed by atoms with van der Waals surface area (Å²) in [5.41, 5.74) is 1.81. The second-order valence-corrected chi connectivity index (χ2v) is 9.40. The van der Waals surface area contributed by atoms with Crippen LogP contribution < -0.4 is 10.9 Å². The lowest BCUT2D eigenvalue weighted by atomic mass is 9.97. The Kier molecular flexibility index (Phi) is 4.85. The van der Waals surface area contributed by atoms with Crippen molar-refractivity contribution in [3.63, 3.8) is 0 Å². The highest BCUT2D eigenvalue weighted by atomic mass is 32.1. The van der Waals surface area contributed by atoms with Crippen molar-refractivity contribution < 1.29 is 4.74 Å². The maximum Gasteiger partial charge on any atom is 0.283 e. The second kappa shape index (κ2) is 7.85. The number of morpholine rings is 1. The molecule has 0 amide bonds. The molecule has 1 aliphatic carbocycles. The zero-order chi connectivity index (χ0) is 20.8. The largest absolute Gasteiger partial charge is 0.379 e. The van der Waals surface area contributed by atoms with E-state index in [1.165, 1.54) is 21.4 Å². The summed E-state index contributed by atoms with van der Waals surface area (Å²) < 4.78 is 6.95. The van der Waals surface area contributed by atoms with E-state index in [-0.39, 0.29) is 5.56 Å². The van der Waals surface area contributed by atoms with Crippen LogP contribution in [-0.2, 0) is 17.6 Å². The van der Waals surface area contributed by atoms with E-state index in [1.807, 2.05) is 18.2 Å². The van der Waals surface area contributed by atoms with Gasteiger partial charge in [-0.3, -0.25) is 9.69 Å². The topological polar surface area (TPSA) is 71.8 Å². The molecule has 3 aromatic heterocycles. The van der Waals surface area contributed by atoms with Crippen LogP contribution in [0.3, 0.4) is 0 Å². The van der Waals surface area contributed by atoms with Gasteiger partial charge in [0.2, 0.25) is 0 Å². The number of fused-ring (bicyclic) bond motifs is 6. The molecule has 4 heterocycles. The number of aryl methyl sites for hydroxylation is 2. The smallest absolute Gasteiger partial charge is 0.283 e. The molecule has 4 aromatic rings. The van der Waals surface area contributed by atoms with Gasteiger partial charge in [0.15, 0.2) is 11.5 Å². The van der Waals surface area contributed by atoms with Crippen LogP contribution in [-0.4, -0.2) is 58.9 Å². The van der Waals surface area contributed by atoms with E-state index < -0.39 is 0 Å². The molecule has 0 bridgehead atoms. The quantitative estimate of drug-likeness (QED) is 0.497. The highest BCUT2D eigenvalue weighted by molar-refractivity contribution is 7.18. The number of anilines is 1. The van der Waals surface area contributed by atoms with Gasteiger partial charge in [-0.1, -0.05) is 24.3 Å². The molecule has 0 atom stereocenters. The summed E-state index contributed by atoms with van der Waals surface area (Å²) in [6.07, 6.45) is 4.36. The number of nitrogens with one attached hydrogen (secondary N) is 1. The number of hydrogen-bond acceptors (Lipinski definition) is 7. The molecule has 1 N–H and O–H groups in total. The molecule has 1 saturated heterocycles. The summed E-state index contributed by atoms with van der Waals surface area (Å²) in [7, 11) is 0. The fourth-order valence-corrected chi connectivity index (χ4v) is 6.04. The lowest BCUT2D eigenvalue weighted by molar-refractivity contribution is 0.0398. The first-order chi connectivity index (χ1) is 15.3. The molecule has 0 unspecified atom stereocenters. The summed E-state index contributed by atoms with van der Waals surface area (Å²) >= 11 is 1.69. The van der Waals surface area contributed by atoms with Crippen molar-refractivity contribution in [3.05, 3.63) is 45.1 Å². The summed E-state index contributed by atoms with van der Waals surface area (Å²) in [6, 6.07) is 8.09. The predicted octanol–water partition coefficient (Wildman–Crippen LogP) is 3.08. The van der Waals surface area contributed by atoms with Crippen LogP contribution in [0.15, 0.2) is 29.1 Å². The minimum absolute atomic E-state index is 0.0404. The Morgan fingerprint density at radius 2 is 1.90 bits per heavy atom. The number of rotatable bonds is 4. The van der Waals surface area contributed by atoms with Crippen LogP contribution >= 0.6 is 11.3 Å². The number of ether oxygens (including phenoxy) is 1. The van der Waals surface area contributed by atoms with Crippen molar-refractivity contribution >= 4 is 43.8 Å². The van der Waals surface area contributed by atoms with Crippen LogP contribution in [0.1, 0.15) is 23.3 Å². The Balaban J connectivity index is 1.46. The SMILES string of the molecule is O=c1c2c3c(sc2nc2c4ccccc4c(NCCN4CCOCC4)nn12)CCCC3. The first kappa shape index (κ1) is 19.2. The number of benzene rings is 1. The third kappa shape index (κ3) is 3.30. The molecule has 7 nitrogen and oxygen atoms in total. The normalized spacial score (nSPS) is 17.4. The first-order valence-electron chi connectivity index (χ1n) is 11.1. The number of thiophene rings is 1. The first-order valence-corrected chi connectivity index (χ1v) is 11.9. The Bertz CT molecular complexity index is 1340. The van der Waals surface area contributed by atoms with Gasteiger partial charge in [0.05, 0.1) is 18.6 Å². The second-order valence-electron chi connectivity index (χ2n) is 8.32. The van der Waals surface area contributed by atoms with Crippen LogP contribution in [0, 0.1) is 0 Å². The molecule has 2 aliphatic rings. The van der Waals surface area contributed by atoms with Gasteiger partial charge in [0, 0.05) is 41.8 Å². The molecule has 0 spiro atoms. The molecular formula is C23H25N5O2S. The predicted molar refractivity (Wildman–Crippen MR) is 125 cm³/mol. The molecule has 0 radical (unpaired) electrons. The molecular weight excluding hydrogens is 410 g/mol. The summed E-state index contributed by atoms with van der Waals surface area (Å²) in [4.78, 5) is 23.1. The van der Waals surface area contributed by atoms with E-state index in [2.05, 4.69) is 16.3 Å². The van der Waals surface area contributed by atoms with Gasteiger partial charge >= 0.3 is 0 Å². The molecule has 31 heavy (non-hydrogen) atoms. The van der Waals surface area contributed by atoms with E-state index in [9.17, 15) is 4.79 Å². The maximum atomic E-state index is 13.6.